The van der Waals surface area contributed by atoms with E-state index in [1.165, 1.54) is 0 Å². The summed E-state index contributed by atoms with van der Waals surface area (Å²) in [6.07, 6.45) is -6.38. The molecule has 2 rings (SSSR count). The zero-order valence-corrected chi connectivity index (χ0v) is 10.9. The lowest BCUT2D eigenvalue weighted by Crippen LogP contribution is -2.42. The van der Waals surface area contributed by atoms with Crippen molar-refractivity contribution in [1.29, 1.82) is 0 Å². The summed E-state index contributed by atoms with van der Waals surface area (Å²) in [4.78, 5) is 6.97. The van der Waals surface area contributed by atoms with E-state index >= 15 is 0 Å². The summed E-state index contributed by atoms with van der Waals surface area (Å²) in [5, 5.41) is 47.3. The first kappa shape index (κ1) is 14.9. The Bertz CT molecular complexity index is 585. The second-order valence-corrected chi connectivity index (χ2v) is 4.82. The van der Waals surface area contributed by atoms with Crippen molar-refractivity contribution in [2.75, 3.05) is 6.61 Å². The standard InChI is InChI=1S/C13H18N2O5/c1-6-2-3-7-8(4-6)15-13(14-7)12(20)11(19)10(18)9(17)5-16/h2-4,9-12,16-20H,5H2,1H3,(H,14,15). The molecule has 7 nitrogen and oxygen atoms in total. The molecular weight excluding hydrogens is 264 g/mol. The lowest BCUT2D eigenvalue weighted by molar-refractivity contribution is -0.117. The Morgan fingerprint density at radius 1 is 1.15 bits per heavy atom. The van der Waals surface area contributed by atoms with Gasteiger partial charge in [-0.15, -0.1) is 0 Å². The monoisotopic (exact) mass is 282 g/mol. The highest BCUT2D eigenvalue weighted by atomic mass is 16.4. The minimum Gasteiger partial charge on any atom is -0.394 e. The smallest absolute Gasteiger partial charge is 0.140 e. The number of aliphatic hydroxyl groups is 5. The molecule has 1 aromatic heterocycles. The third-order valence-corrected chi connectivity index (χ3v) is 3.19. The molecule has 0 radical (unpaired) electrons. The first-order valence-electron chi connectivity index (χ1n) is 6.23. The van der Waals surface area contributed by atoms with Gasteiger partial charge in [0.05, 0.1) is 17.6 Å². The summed E-state index contributed by atoms with van der Waals surface area (Å²) < 4.78 is 0. The number of hydrogen-bond donors (Lipinski definition) is 6. The number of H-pyrrole nitrogens is 1. The number of nitrogens with zero attached hydrogens (tertiary/aromatic N) is 1. The van der Waals surface area contributed by atoms with E-state index in [4.69, 9.17) is 5.11 Å². The average Bonchev–Trinajstić information content (AvgIpc) is 2.86. The van der Waals surface area contributed by atoms with Gasteiger partial charge in [-0.1, -0.05) is 6.07 Å². The third kappa shape index (κ3) is 2.82. The van der Waals surface area contributed by atoms with Gasteiger partial charge in [0.15, 0.2) is 0 Å². The van der Waals surface area contributed by atoms with Crippen molar-refractivity contribution in [3.05, 3.63) is 29.6 Å². The molecule has 0 fully saturated rings. The molecule has 4 unspecified atom stereocenters. The number of aromatic amines is 1. The van der Waals surface area contributed by atoms with Crippen LogP contribution in [0.1, 0.15) is 17.5 Å². The first-order valence-corrected chi connectivity index (χ1v) is 6.23. The van der Waals surface area contributed by atoms with Crippen LogP contribution in [0.5, 0.6) is 0 Å². The van der Waals surface area contributed by atoms with Crippen molar-refractivity contribution in [3.8, 4) is 0 Å². The van der Waals surface area contributed by atoms with Crippen LogP contribution < -0.4 is 0 Å². The maximum absolute atomic E-state index is 9.98. The van der Waals surface area contributed by atoms with Gasteiger partial charge >= 0.3 is 0 Å². The number of aliphatic hydroxyl groups excluding tert-OH is 5. The average molecular weight is 282 g/mol. The van der Waals surface area contributed by atoms with Crippen molar-refractivity contribution in [1.82, 2.24) is 9.97 Å². The van der Waals surface area contributed by atoms with Gasteiger partial charge in [0, 0.05) is 0 Å². The fourth-order valence-corrected chi connectivity index (χ4v) is 1.97. The van der Waals surface area contributed by atoms with E-state index in [9.17, 15) is 20.4 Å². The van der Waals surface area contributed by atoms with E-state index in [0.29, 0.717) is 11.0 Å². The van der Waals surface area contributed by atoms with Crippen LogP contribution in [0.4, 0.5) is 0 Å². The van der Waals surface area contributed by atoms with E-state index < -0.39 is 31.0 Å². The SMILES string of the molecule is Cc1ccc2nc(C(O)C(O)C(O)C(O)CO)[nH]c2c1. The van der Waals surface area contributed by atoms with Gasteiger partial charge in [0.1, 0.15) is 30.2 Å². The minimum atomic E-state index is -1.68. The van der Waals surface area contributed by atoms with Crippen LogP contribution in [-0.4, -0.2) is 60.4 Å². The topological polar surface area (TPSA) is 130 Å². The predicted molar refractivity (Wildman–Crippen MR) is 70.9 cm³/mol. The second-order valence-electron chi connectivity index (χ2n) is 4.82. The quantitative estimate of drug-likeness (QED) is 0.416. The summed E-state index contributed by atoms with van der Waals surface area (Å²) in [5.41, 5.74) is 2.33. The summed E-state index contributed by atoms with van der Waals surface area (Å²) >= 11 is 0. The van der Waals surface area contributed by atoms with Crippen LogP contribution >= 0.6 is 0 Å². The fourth-order valence-electron chi connectivity index (χ4n) is 1.97. The highest BCUT2D eigenvalue weighted by Gasteiger charge is 2.32. The van der Waals surface area contributed by atoms with Gasteiger partial charge in [-0.2, -0.15) is 0 Å². The van der Waals surface area contributed by atoms with Gasteiger partial charge in [-0.25, -0.2) is 4.98 Å². The number of fused-ring (bicyclic) bond motifs is 1. The molecule has 4 atom stereocenters. The van der Waals surface area contributed by atoms with Crippen LogP contribution in [0.25, 0.3) is 11.0 Å². The Kier molecular flexibility index (Phi) is 4.36. The Morgan fingerprint density at radius 3 is 2.50 bits per heavy atom. The molecule has 1 heterocycles. The van der Waals surface area contributed by atoms with E-state index in [-0.39, 0.29) is 5.82 Å². The van der Waals surface area contributed by atoms with Gasteiger partial charge in [0.2, 0.25) is 0 Å². The summed E-state index contributed by atoms with van der Waals surface area (Å²) in [6, 6.07) is 5.47. The van der Waals surface area contributed by atoms with Crippen LogP contribution in [0.3, 0.4) is 0 Å². The molecule has 0 aliphatic carbocycles. The van der Waals surface area contributed by atoms with Crippen molar-refractivity contribution in [2.24, 2.45) is 0 Å². The maximum Gasteiger partial charge on any atom is 0.140 e. The number of aromatic nitrogens is 2. The molecule has 0 aliphatic rings. The first-order chi connectivity index (χ1) is 9.43. The van der Waals surface area contributed by atoms with E-state index in [0.717, 1.165) is 5.56 Å². The maximum atomic E-state index is 9.98. The Hall–Kier alpha value is -1.51. The third-order valence-electron chi connectivity index (χ3n) is 3.19. The molecule has 0 saturated carbocycles. The molecule has 0 spiro atoms. The van der Waals surface area contributed by atoms with Gasteiger partial charge in [0.25, 0.3) is 0 Å². The highest BCUT2D eigenvalue weighted by molar-refractivity contribution is 5.75. The molecule has 2 aromatic rings. The van der Waals surface area contributed by atoms with Crippen LogP contribution in [0.2, 0.25) is 0 Å². The highest BCUT2D eigenvalue weighted by Crippen LogP contribution is 2.21. The predicted octanol–water partition coefficient (Wildman–Crippen LogP) is -1.02. The molecule has 110 valence electrons. The van der Waals surface area contributed by atoms with E-state index in [2.05, 4.69) is 9.97 Å². The van der Waals surface area contributed by atoms with E-state index in [1.807, 2.05) is 19.1 Å². The number of imidazole rings is 1. The number of aryl methyl sites for hydroxylation is 1. The normalized spacial score (nSPS) is 17.9. The van der Waals surface area contributed by atoms with Crippen molar-refractivity contribution >= 4 is 11.0 Å². The Labute approximate surface area is 115 Å². The molecule has 0 saturated heterocycles. The zero-order chi connectivity index (χ0) is 14.9. The second kappa shape index (κ2) is 5.86. The minimum absolute atomic E-state index is 0.0855. The fraction of sp³-hybridized carbons (Fsp3) is 0.462. The Balaban J connectivity index is 2.24. The van der Waals surface area contributed by atoms with E-state index in [1.54, 1.807) is 6.07 Å². The van der Waals surface area contributed by atoms with Gasteiger partial charge < -0.3 is 30.5 Å². The molecule has 20 heavy (non-hydrogen) atoms. The lowest BCUT2D eigenvalue weighted by Gasteiger charge is -2.24. The number of nitrogens with one attached hydrogen (secondary N) is 1. The van der Waals surface area contributed by atoms with Crippen molar-refractivity contribution in [3.63, 3.8) is 0 Å². The molecule has 1 aromatic carbocycles. The molecule has 0 aliphatic heterocycles. The molecule has 6 N–H and O–H groups in total. The molecule has 7 heteroatoms. The molecular formula is C13H18N2O5. The molecule has 0 bridgehead atoms. The lowest BCUT2D eigenvalue weighted by atomic mass is 10.0. The summed E-state index contributed by atoms with van der Waals surface area (Å²) in [5.74, 6) is 0.0855. The summed E-state index contributed by atoms with van der Waals surface area (Å²) in [6.45, 7) is 1.19. The Morgan fingerprint density at radius 2 is 1.85 bits per heavy atom. The number of hydrogen-bond acceptors (Lipinski definition) is 6. The largest absolute Gasteiger partial charge is 0.394 e. The zero-order valence-electron chi connectivity index (χ0n) is 10.9. The van der Waals surface area contributed by atoms with Crippen molar-refractivity contribution < 1.29 is 25.5 Å². The van der Waals surface area contributed by atoms with Crippen LogP contribution in [-0.2, 0) is 0 Å². The number of rotatable bonds is 5. The number of benzene rings is 1. The van der Waals surface area contributed by atoms with Crippen molar-refractivity contribution in [2.45, 2.75) is 31.3 Å². The molecule has 0 amide bonds. The van der Waals surface area contributed by atoms with Gasteiger partial charge in [-0.3, -0.25) is 0 Å². The van der Waals surface area contributed by atoms with Crippen LogP contribution in [0, 0.1) is 6.92 Å². The van der Waals surface area contributed by atoms with Gasteiger partial charge in [-0.05, 0) is 24.6 Å². The van der Waals surface area contributed by atoms with Crippen LogP contribution in [0.15, 0.2) is 18.2 Å². The summed E-state index contributed by atoms with van der Waals surface area (Å²) in [7, 11) is 0.